The van der Waals surface area contributed by atoms with E-state index in [4.69, 9.17) is 0 Å². The van der Waals surface area contributed by atoms with E-state index in [2.05, 4.69) is 54.7 Å². The number of rotatable bonds is 16. The number of hydrogen-bond acceptors (Lipinski definition) is 10. The first-order valence-electron chi connectivity index (χ1n) is 27.0. The Labute approximate surface area is 447 Å². The molecular formula is C58H80N10O8. The summed E-state index contributed by atoms with van der Waals surface area (Å²) in [5.41, 5.74) is 3.22. The van der Waals surface area contributed by atoms with Crippen molar-refractivity contribution in [1.29, 1.82) is 0 Å². The summed E-state index contributed by atoms with van der Waals surface area (Å²) < 4.78 is 0. The monoisotopic (exact) mass is 1040 g/mol. The Morgan fingerprint density at radius 1 is 0.526 bits per heavy atom. The topological polar surface area (TPSA) is 239 Å². The molecule has 0 radical (unpaired) electrons. The Morgan fingerprint density at radius 3 is 1.28 bits per heavy atom. The lowest BCUT2D eigenvalue weighted by atomic mass is 9.85. The first-order chi connectivity index (χ1) is 36.0. The van der Waals surface area contributed by atoms with Crippen LogP contribution in [0.4, 0.5) is 0 Å². The number of likely N-dealkylation sites (N-methyl/N-ethyl adjacent to an activating group) is 2. The molecule has 8 amide bonds. The summed E-state index contributed by atoms with van der Waals surface area (Å²) >= 11 is 0. The van der Waals surface area contributed by atoms with Gasteiger partial charge >= 0.3 is 0 Å². The lowest BCUT2D eigenvalue weighted by Gasteiger charge is -2.36. The van der Waals surface area contributed by atoms with Gasteiger partial charge in [-0.3, -0.25) is 38.4 Å². The number of benzene rings is 3. The van der Waals surface area contributed by atoms with E-state index in [0.717, 1.165) is 60.8 Å². The van der Waals surface area contributed by atoms with Crippen LogP contribution in [0.1, 0.15) is 149 Å². The first kappa shape index (κ1) is 57.1. The van der Waals surface area contributed by atoms with Crippen LogP contribution in [0.3, 0.4) is 0 Å². The van der Waals surface area contributed by atoms with Gasteiger partial charge in [-0.1, -0.05) is 96.1 Å². The Morgan fingerprint density at radius 2 is 0.908 bits per heavy atom. The predicted molar refractivity (Wildman–Crippen MR) is 290 cm³/mol. The average Bonchev–Trinajstić information content (AvgIpc) is 4.03. The van der Waals surface area contributed by atoms with Crippen molar-refractivity contribution in [3.8, 4) is 0 Å². The third kappa shape index (κ3) is 13.3. The van der Waals surface area contributed by atoms with E-state index in [1.807, 2.05) is 77.9 Å². The molecule has 0 bridgehead atoms. The number of likely N-dealkylation sites (tertiary alicyclic amines) is 2. The highest BCUT2D eigenvalue weighted by Crippen LogP contribution is 2.34. The molecule has 2 saturated heterocycles. The SMILES string of the molecule is CN[C@@H](C)C(=O)N[C@H](C(=O)N1C[C@@H](NC(=O)c2cccc(C(=O)N[C@H]3C[C@@H](C(=O)N[C@@H]4CCCc5ccccc54)N(C(=O)[C@@H](NC(=O)[C@H](C)NC)C(C)(C)C)C3)c2)C[C@H]1C(=O)NC1CCCc2ccccc21)C(C)(C)C. The van der Waals surface area contributed by atoms with Gasteiger partial charge in [0, 0.05) is 36.3 Å². The zero-order chi connectivity index (χ0) is 55.2. The molecule has 8 N–H and O–H groups in total. The number of nitrogens with one attached hydrogen (secondary N) is 8. The van der Waals surface area contributed by atoms with Crippen LogP contribution in [0.15, 0.2) is 72.8 Å². The Kier molecular flexibility index (Phi) is 18.1. The van der Waals surface area contributed by atoms with E-state index in [0.29, 0.717) is 0 Å². The van der Waals surface area contributed by atoms with Crippen molar-refractivity contribution in [1.82, 2.24) is 52.3 Å². The van der Waals surface area contributed by atoms with Gasteiger partial charge in [-0.05, 0) is 131 Å². The molecule has 2 fully saturated rings. The lowest BCUT2D eigenvalue weighted by molar-refractivity contribution is -0.144. The molecule has 2 heterocycles. The molecule has 0 spiro atoms. The molecule has 3 aromatic carbocycles. The predicted octanol–water partition coefficient (Wildman–Crippen LogP) is 3.75. The highest BCUT2D eigenvalue weighted by atomic mass is 16.2. The molecule has 18 heteroatoms. The third-order valence-corrected chi connectivity index (χ3v) is 15.7. The fourth-order valence-electron chi connectivity index (χ4n) is 11.0. The van der Waals surface area contributed by atoms with Crippen molar-refractivity contribution in [2.75, 3.05) is 27.2 Å². The number of carbonyl (C=O) groups is 8. The average molecular weight is 1050 g/mol. The molecule has 0 aromatic heterocycles. The summed E-state index contributed by atoms with van der Waals surface area (Å²) in [6.07, 6.45) is 5.23. The minimum Gasteiger partial charge on any atom is -0.347 e. The smallest absolute Gasteiger partial charge is 0.251 e. The minimum atomic E-state index is -0.997. The van der Waals surface area contributed by atoms with Gasteiger partial charge in [0.05, 0.1) is 24.2 Å². The van der Waals surface area contributed by atoms with Gasteiger partial charge in [0.15, 0.2) is 0 Å². The van der Waals surface area contributed by atoms with Crippen LogP contribution in [-0.2, 0) is 41.6 Å². The maximum absolute atomic E-state index is 14.7. The van der Waals surface area contributed by atoms with Crippen LogP contribution in [-0.4, -0.2) is 133 Å². The van der Waals surface area contributed by atoms with Gasteiger partial charge in [0.2, 0.25) is 35.4 Å². The second-order valence-electron chi connectivity index (χ2n) is 23.3. The largest absolute Gasteiger partial charge is 0.347 e. The maximum Gasteiger partial charge on any atom is 0.251 e. The Hall–Kier alpha value is -6.66. The molecule has 3 aromatic rings. The molecule has 1 unspecified atom stereocenters. The fraction of sp³-hybridized carbons (Fsp3) is 0.552. The van der Waals surface area contributed by atoms with Crippen molar-refractivity contribution in [2.24, 2.45) is 10.8 Å². The second kappa shape index (κ2) is 24.1. The number of carbonyl (C=O) groups excluding carboxylic acids is 8. The molecular weight excluding hydrogens is 965 g/mol. The molecule has 10 atom stereocenters. The van der Waals surface area contributed by atoms with Crippen LogP contribution in [0.2, 0.25) is 0 Å². The number of nitrogens with zero attached hydrogens (tertiary/aromatic N) is 2. The normalized spacial score (nSPS) is 22.9. The van der Waals surface area contributed by atoms with Gasteiger partial charge in [0.25, 0.3) is 11.8 Å². The highest BCUT2D eigenvalue weighted by molar-refractivity contribution is 6.01. The number of aryl methyl sites for hydroxylation is 2. The van der Waals surface area contributed by atoms with Crippen LogP contribution in [0, 0.1) is 10.8 Å². The molecule has 76 heavy (non-hydrogen) atoms. The van der Waals surface area contributed by atoms with Crippen molar-refractivity contribution >= 4 is 47.3 Å². The summed E-state index contributed by atoms with van der Waals surface area (Å²) in [5, 5.41) is 24.1. The Balaban J connectivity index is 1.09. The van der Waals surface area contributed by atoms with Gasteiger partial charge in [0.1, 0.15) is 24.2 Å². The summed E-state index contributed by atoms with van der Waals surface area (Å²) in [4.78, 5) is 116. The standard InChI is InChI=1S/C58H80N10O8/c1-33(59-9)49(69)65-47(57(3,4)5)55(75)67-31-39(29-45(67)53(73)63-43-26-16-20-35-18-11-13-24-41(35)43)61-51(71)37-22-15-23-38(28-37)52(72)62-40-30-46(54(74)64-44-27-17-21-36-19-12-14-25-42(36)44)68(32-40)56(76)48(58(6,7)8)66-50(70)34(2)60-10/h11-15,18-19,22-25,28,33-34,39-40,43-48,59-60H,16-17,20-21,26-27,29-32H2,1-10H3,(H,61,71)(H,62,72)(H,63,73)(H,64,74)(H,65,69)(H,66,70)/t33-,34-,39-,40-,43+,44?,45-,46-,47+,48+/m0/s1. The van der Waals surface area contributed by atoms with Crippen molar-refractivity contribution in [2.45, 2.75) is 167 Å². The summed E-state index contributed by atoms with van der Waals surface area (Å²) in [6.45, 7) is 14.4. The fourth-order valence-corrected chi connectivity index (χ4v) is 11.0. The number of amides is 8. The summed E-state index contributed by atoms with van der Waals surface area (Å²) in [6, 6.07) is 15.2. The van der Waals surface area contributed by atoms with Gasteiger partial charge < -0.3 is 52.3 Å². The molecule has 0 saturated carbocycles. The number of fused-ring (bicyclic) bond motifs is 2. The van der Waals surface area contributed by atoms with Crippen molar-refractivity contribution in [3.05, 3.63) is 106 Å². The molecule has 410 valence electrons. The van der Waals surface area contributed by atoms with Gasteiger partial charge in [-0.15, -0.1) is 0 Å². The molecule has 18 nitrogen and oxygen atoms in total. The van der Waals surface area contributed by atoms with Crippen molar-refractivity contribution in [3.63, 3.8) is 0 Å². The Bertz CT molecular complexity index is 2490. The van der Waals surface area contributed by atoms with Gasteiger partial charge in [-0.2, -0.15) is 0 Å². The van der Waals surface area contributed by atoms with E-state index < -0.39 is 82.8 Å². The van der Waals surface area contributed by atoms with Gasteiger partial charge in [-0.25, -0.2) is 0 Å². The summed E-state index contributed by atoms with van der Waals surface area (Å²) in [5.74, 6) is -3.41. The third-order valence-electron chi connectivity index (χ3n) is 15.7. The van der Waals surface area contributed by atoms with E-state index in [9.17, 15) is 38.4 Å². The van der Waals surface area contributed by atoms with Crippen LogP contribution in [0.5, 0.6) is 0 Å². The zero-order valence-electron chi connectivity index (χ0n) is 45.9. The van der Waals surface area contributed by atoms with E-state index in [1.165, 1.54) is 15.9 Å². The molecule has 2 aliphatic carbocycles. The van der Waals surface area contributed by atoms with Crippen LogP contribution in [0.25, 0.3) is 0 Å². The molecule has 7 rings (SSSR count). The lowest BCUT2D eigenvalue weighted by Crippen LogP contribution is -2.59. The van der Waals surface area contributed by atoms with Crippen LogP contribution < -0.4 is 42.5 Å². The van der Waals surface area contributed by atoms with Crippen LogP contribution >= 0.6 is 0 Å². The van der Waals surface area contributed by atoms with E-state index in [-0.39, 0.29) is 72.8 Å². The van der Waals surface area contributed by atoms with E-state index >= 15 is 0 Å². The molecule has 2 aliphatic heterocycles. The van der Waals surface area contributed by atoms with E-state index in [1.54, 1.807) is 46.1 Å². The molecule has 4 aliphatic rings. The first-order valence-corrected chi connectivity index (χ1v) is 27.0. The maximum atomic E-state index is 14.7. The highest BCUT2D eigenvalue weighted by Gasteiger charge is 2.48. The number of hydrogen-bond donors (Lipinski definition) is 8. The summed E-state index contributed by atoms with van der Waals surface area (Å²) in [7, 11) is 3.31. The minimum absolute atomic E-state index is 0.0126. The zero-order valence-corrected chi connectivity index (χ0v) is 45.9. The quantitative estimate of drug-likeness (QED) is 0.103. The second-order valence-corrected chi connectivity index (χ2v) is 23.3. The van der Waals surface area contributed by atoms with Crippen molar-refractivity contribution < 1.29 is 38.4 Å².